The summed E-state index contributed by atoms with van der Waals surface area (Å²) in [5, 5.41) is 15.7. The second-order valence-electron chi connectivity index (χ2n) is 6.08. The van der Waals surface area contributed by atoms with Crippen molar-refractivity contribution in [2.24, 2.45) is 0 Å². The number of carbonyl (C=O) groups is 1. The lowest BCUT2D eigenvalue weighted by Crippen LogP contribution is -2.08. The van der Waals surface area contributed by atoms with Crippen LogP contribution in [0.2, 0.25) is 0 Å². The highest BCUT2D eigenvalue weighted by atomic mass is 16.6. The largest absolute Gasteiger partial charge is 0.462 e. The Morgan fingerprint density at radius 1 is 1.19 bits per heavy atom. The van der Waals surface area contributed by atoms with Crippen molar-refractivity contribution in [3.05, 3.63) is 75.5 Å². The smallest absolute Gasteiger partial charge is 0.342 e. The molecule has 0 radical (unpaired) electrons. The molecule has 138 valence electrons. The molecule has 0 bridgehead atoms. The minimum Gasteiger partial charge on any atom is -0.462 e. The molecule has 7 heteroatoms. The van der Waals surface area contributed by atoms with Gasteiger partial charge in [0, 0.05) is 17.7 Å². The molecule has 1 heterocycles. The molecule has 0 aliphatic carbocycles. The first kappa shape index (κ1) is 18.3. The van der Waals surface area contributed by atoms with Gasteiger partial charge in [0.25, 0.3) is 5.69 Å². The number of hydrogen-bond donors (Lipinski definition) is 0. The molecule has 0 N–H and O–H groups in total. The van der Waals surface area contributed by atoms with E-state index >= 15 is 0 Å². The quantitative estimate of drug-likeness (QED) is 0.383. The van der Waals surface area contributed by atoms with Gasteiger partial charge in [0.15, 0.2) is 0 Å². The molecule has 0 spiro atoms. The third-order valence-corrected chi connectivity index (χ3v) is 4.20. The summed E-state index contributed by atoms with van der Waals surface area (Å²) in [5.41, 5.74) is 3.59. The van der Waals surface area contributed by atoms with E-state index in [0.717, 1.165) is 11.3 Å². The van der Waals surface area contributed by atoms with Crippen molar-refractivity contribution in [2.75, 3.05) is 6.61 Å². The molecule has 3 rings (SSSR count). The Hall–Kier alpha value is -3.48. The molecule has 7 nitrogen and oxygen atoms in total. The van der Waals surface area contributed by atoms with Crippen LogP contribution in [0.5, 0.6) is 0 Å². The van der Waals surface area contributed by atoms with Crippen LogP contribution in [0, 0.1) is 24.0 Å². The molecule has 0 aliphatic heterocycles. The summed E-state index contributed by atoms with van der Waals surface area (Å²) in [4.78, 5) is 23.2. The van der Waals surface area contributed by atoms with Gasteiger partial charge in [-0.3, -0.25) is 10.1 Å². The average Bonchev–Trinajstić information content (AvgIpc) is 3.00. The molecule has 0 saturated heterocycles. The summed E-state index contributed by atoms with van der Waals surface area (Å²) in [6, 6.07) is 13.8. The van der Waals surface area contributed by atoms with E-state index in [-0.39, 0.29) is 12.3 Å². The Labute approximate surface area is 156 Å². The van der Waals surface area contributed by atoms with Gasteiger partial charge in [0.1, 0.15) is 11.3 Å². The first-order valence-electron chi connectivity index (χ1n) is 8.51. The highest BCUT2D eigenvalue weighted by molar-refractivity contribution is 5.97. The molecule has 0 saturated carbocycles. The summed E-state index contributed by atoms with van der Waals surface area (Å²) in [5.74, 6) is -0.505. The number of aromatic nitrogens is 2. The number of hydrogen-bond acceptors (Lipinski definition) is 5. The van der Waals surface area contributed by atoms with Crippen LogP contribution in [-0.2, 0) is 4.74 Å². The number of ether oxygens (including phenoxy) is 1. The maximum absolute atomic E-state index is 12.6. The van der Waals surface area contributed by atoms with E-state index in [4.69, 9.17) is 4.74 Å². The fourth-order valence-corrected chi connectivity index (χ4v) is 2.86. The highest BCUT2D eigenvalue weighted by Gasteiger charge is 2.25. The monoisotopic (exact) mass is 365 g/mol. The lowest BCUT2D eigenvalue weighted by atomic mass is 10.1. The molecule has 0 amide bonds. The van der Waals surface area contributed by atoms with Gasteiger partial charge in [0.2, 0.25) is 0 Å². The van der Waals surface area contributed by atoms with Crippen molar-refractivity contribution in [3.63, 3.8) is 0 Å². The van der Waals surface area contributed by atoms with Crippen LogP contribution in [0.3, 0.4) is 0 Å². The highest BCUT2D eigenvalue weighted by Crippen LogP contribution is 2.30. The summed E-state index contributed by atoms with van der Waals surface area (Å²) in [7, 11) is 0. The summed E-state index contributed by atoms with van der Waals surface area (Å²) in [6.45, 7) is 5.71. The number of rotatable bonds is 5. The van der Waals surface area contributed by atoms with Crippen LogP contribution in [0.25, 0.3) is 16.9 Å². The molecule has 1 aromatic heterocycles. The third-order valence-electron chi connectivity index (χ3n) is 4.20. The fraction of sp³-hybridized carbons (Fsp3) is 0.200. The SMILES string of the molecule is CCOC(=O)c1c(-c2cccc([N+](=O)[O-])c2)nn(-c2ccc(C)cc2)c1C. The summed E-state index contributed by atoms with van der Waals surface area (Å²) < 4.78 is 6.84. The van der Waals surface area contributed by atoms with Crippen molar-refractivity contribution in [1.29, 1.82) is 0 Å². The molecule has 2 aromatic carbocycles. The van der Waals surface area contributed by atoms with Crippen LogP contribution >= 0.6 is 0 Å². The summed E-state index contributed by atoms with van der Waals surface area (Å²) >= 11 is 0. The topological polar surface area (TPSA) is 87.3 Å². The Balaban J connectivity index is 2.21. The molecule has 0 aliphatic rings. The van der Waals surface area contributed by atoms with E-state index < -0.39 is 10.9 Å². The maximum Gasteiger partial charge on any atom is 0.342 e. The lowest BCUT2D eigenvalue weighted by molar-refractivity contribution is -0.384. The Bertz CT molecular complexity index is 1010. The van der Waals surface area contributed by atoms with Gasteiger partial charge in [-0.05, 0) is 32.9 Å². The maximum atomic E-state index is 12.6. The third kappa shape index (κ3) is 3.57. The van der Waals surface area contributed by atoms with Crippen LogP contribution in [-0.4, -0.2) is 27.3 Å². The fourth-order valence-electron chi connectivity index (χ4n) is 2.86. The zero-order chi connectivity index (χ0) is 19.6. The van der Waals surface area contributed by atoms with E-state index in [0.29, 0.717) is 22.5 Å². The molecular formula is C20H19N3O4. The van der Waals surface area contributed by atoms with Crippen LogP contribution < -0.4 is 0 Å². The normalized spacial score (nSPS) is 10.6. The van der Waals surface area contributed by atoms with E-state index in [1.54, 1.807) is 30.7 Å². The Morgan fingerprint density at radius 3 is 2.52 bits per heavy atom. The van der Waals surface area contributed by atoms with Crippen molar-refractivity contribution in [1.82, 2.24) is 9.78 Å². The first-order chi connectivity index (χ1) is 12.9. The molecular weight excluding hydrogens is 346 g/mol. The number of carbonyl (C=O) groups excluding carboxylic acids is 1. The van der Waals surface area contributed by atoms with Crippen LogP contribution in [0.4, 0.5) is 5.69 Å². The predicted octanol–water partition coefficient (Wildman–Crippen LogP) is 4.24. The van der Waals surface area contributed by atoms with E-state index in [1.165, 1.54) is 12.1 Å². The minimum atomic E-state index is -0.505. The Morgan fingerprint density at radius 2 is 1.89 bits per heavy atom. The lowest BCUT2D eigenvalue weighted by Gasteiger charge is -2.05. The standard InChI is InChI=1S/C20H19N3O4/c1-4-27-20(24)18-14(3)22(16-10-8-13(2)9-11-16)21-19(18)15-6-5-7-17(12-15)23(25)26/h5-12H,4H2,1-3H3. The van der Waals surface area contributed by atoms with E-state index in [2.05, 4.69) is 5.10 Å². The van der Waals surface area contributed by atoms with Gasteiger partial charge in [-0.25, -0.2) is 9.48 Å². The second-order valence-corrected chi connectivity index (χ2v) is 6.08. The molecule has 27 heavy (non-hydrogen) atoms. The second kappa shape index (κ2) is 7.41. The molecule has 0 atom stereocenters. The molecule has 0 fully saturated rings. The van der Waals surface area contributed by atoms with Gasteiger partial charge in [0.05, 0.1) is 22.9 Å². The van der Waals surface area contributed by atoms with Crippen LogP contribution in [0.1, 0.15) is 28.5 Å². The van der Waals surface area contributed by atoms with Crippen molar-refractivity contribution in [3.8, 4) is 16.9 Å². The van der Waals surface area contributed by atoms with Gasteiger partial charge >= 0.3 is 5.97 Å². The van der Waals surface area contributed by atoms with Crippen molar-refractivity contribution in [2.45, 2.75) is 20.8 Å². The zero-order valence-electron chi connectivity index (χ0n) is 15.3. The predicted molar refractivity (Wildman–Crippen MR) is 101 cm³/mol. The van der Waals surface area contributed by atoms with Crippen LogP contribution in [0.15, 0.2) is 48.5 Å². The number of aryl methyl sites for hydroxylation is 1. The number of nitrogens with zero attached hydrogens (tertiary/aromatic N) is 3. The minimum absolute atomic E-state index is 0.0650. The number of esters is 1. The summed E-state index contributed by atoms with van der Waals surface area (Å²) in [6.07, 6.45) is 0. The average molecular weight is 365 g/mol. The van der Waals surface area contributed by atoms with Gasteiger partial charge in [-0.15, -0.1) is 0 Å². The van der Waals surface area contributed by atoms with Gasteiger partial charge < -0.3 is 4.74 Å². The molecule has 0 unspecified atom stereocenters. The number of non-ortho nitro benzene ring substituents is 1. The van der Waals surface area contributed by atoms with E-state index in [9.17, 15) is 14.9 Å². The first-order valence-corrected chi connectivity index (χ1v) is 8.51. The number of nitro benzene ring substituents is 1. The van der Waals surface area contributed by atoms with Crippen molar-refractivity contribution >= 4 is 11.7 Å². The van der Waals surface area contributed by atoms with Gasteiger partial charge in [-0.1, -0.05) is 29.8 Å². The van der Waals surface area contributed by atoms with E-state index in [1.807, 2.05) is 31.2 Å². The Kier molecular flexibility index (Phi) is 5.03. The zero-order valence-corrected chi connectivity index (χ0v) is 15.3. The van der Waals surface area contributed by atoms with Crippen molar-refractivity contribution < 1.29 is 14.5 Å². The number of benzene rings is 2. The van der Waals surface area contributed by atoms with Gasteiger partial charge in [-0.2, -0.15) is 5.10 Å². The molecule has 3 aromatic rings. The number of nitro groups is 1.